The second-order valence-corrected chi connectivity index (χ2v) is 6.66. The van der Waals surface area contributed by atoms with Crippen molar-refractivity contribution in [3.8, 4) is 0 Å². The molecule has 1 saturated heterocycles. The number of hydrogen-bond acceptors (Lipinski definition) is 4. The Labute approximate surface area is 143 Å². The second-order valence-electron chi connectivity index (χ2n) is 5.91. The zero-order valence-electron chi connectivity index (χ0n) is 12.7. The van der Waals surface area contributed by atoms with Gasteiger partial charge in [0.25, 0.3) is 0 Å². The summed E-state index contributed by atoms with van der Waals surface area (Å²) in [4.78, 5) is 11.4. The molecule has 0 aliphatic carbocycles. The van der Waals surface area contributed by atoms with Crippen LogP contribution in [0.3, 0.4) is 0 Å². The van der Waals surface area contributed by atoms with E-state index >= 15 is 0 Å². The van der Waals surface area contributed by atoms with Gasteiger partial charge in [-0.2, -0.15) is 0 Å². The van der Waals surface area contributed by atoms with E-state index in [0.717, 1.165) is 35.5 Å². The molecular weight excluding hydrogens is 354 g/mol. The van der Waals surface area contributed by atoms with Crippen LogP contribution >= 0.6 is 15.9 Å². The molecule has 1 fully saturated rings. The molecule has 0 saturated carbocycles. The van der Waals surface area contributed by atoms with E-state index in [1.165, 1.54) is 12.0 Å². The van der Waals surface area contributed by atoms with E-state index in [2.05, 4.69) is 60.5 Å². The first-order valence-electron chi connectivity index (χ1n) is 7.80. The Morgan fingerprint density at radius 2 is 2.09 bits per heavy atom. The Hall–Kier alpha value is -1.92. The third kappa shape index (κ3) is 2.62. The standard InChI is InChI=1S/C17H18BrN5/c18-15-14-16(19)20-8-10-23(14)17(21-15)13-7-4-9-22(13)11-12-5-2-1-3-6-12/h1-3,5-6,8,10,13H,4,7,9,11H2,(H2,19,20)/t13-/m0/s1. The van der Waals surface area contributed by atoms with Gasteiger partial charge in [0.2, 0.25) is 0 Å². The normalized spacial score (nSPS) is 18.7. The number of nitrogen functional groups attached to an aromatic ring is 1. The Morgan fingerprint density at radius 1 is 1.26 bits per heavy atom. The number of nitrogens with zero attached hydrogens (tertiary/aromatic N) is 4. The maximum Gasteiger partial charge on any atom is 0.150 e. The van der Waals surface area contributed by atoms with Gasteiger partial charge < -0.3 is 5.73 Å². The lowest BCUT2D eigenvalue weighted by molar-refractivity contribution is 0.239. The van der Waals surface area contributed by atoms with E-state index in [-0.39, 0.29) is 0 Å². The summed E-state index contributed by atoms with van der Waals surface area (Å²) in [7, 11) is 0. The molecule has 4 rings (SSSR count). The topological polar surface area (TPSA) is 59.4 Å². The zero-order valence-corrected chi connectivity index (χ0v) is 14.3. The highest BCUT2D eigenvalue weighted by Gasteiger charge is 2.30. The van der Waals surface area contributed by atoms with E-state index in [1.54, 1.807) is 6.20 Å². The van der Waals surface area contributed by atoms with Crippen molar-refractivity contribution in [1.29, 1.82) is 0 Å². The molecule has 0 spiro atoms. The number of fused-ring (bicyclic) bond motifs is 1. The minimum atomic E-state index is 0.302. The van der Waals surface area contributed by atoms with Crippen LogP contribution in [0.2, 0.25) is 0 Å². The number of hydrogen-bond donors (Lipinski definition) is 1. The summed E-state index contributed by atoms with van der Waals surface area (Å²) in [5.41, 5.74) is 8.20. The number of anilines is 1. The van der Waals surface area contributed by atoms with Gasteiger partial charge in [-0.25, -0.2) is 9.97 Å². The van der Waals surface area contributed by atoms with Crippen molar-refractivity contribution in [2.75, 3.05) is 12.3 Å². The van der Waals surface area contributed by atoms with Crippen molar-refractivity contribution in [2.24, 2.45) is 0 Å². The highest BCUT2D eigenvalue weighted by Crippen LogP contribution is 2.35. The van der Waals surface area contributed by atoms with Crippen LogP contribution in [-0.4, -0.2) is 25.8 Å². The number of nitrogens with two attached hydrogens (primary N) is 1. The van der Waals surface area contributed by atoms with Gasteiger partial charge >= 0.3 is 0 Å². The summed E-state index contributed by atoms with van der Waals surface area (Å²) in [6, 6.07) is 10.9. The zero-order chi connectivity index (χ0) is 15.8. The molecule has 2 aromatic heterocycles. The molecule has 1 aliphatic heterocycles. The molecule has 1 atom stereocenters. The Kier molecular flexibility index (Phi) is 3.79. The van der Waals surface area contributed by atoms with Gasteiger partial charge in [-0.1, -0.05) is 30.3 Å². The minimum Gasteiger partial charge on any atom is -0.382 e. The van der Waals surface area contributed by atoms with E-state index in [1.807, 2.05) is 6.20 Å². The Bertz CT molecular complexity index is 830. The van der Waals surface area contributed by atoms with Crippen LogP contribution in [0.25, 0.3) is 5.52 Å². The number of likely N-dealkylation sites (tertiary alicyclic amines) is 1. The average Bonchev–Trinajstić information content (AvgIpc) is 3.13. The molecule has 5 nitrogen and oxygen atoms in total. The van der Waals surface area contributed by atoms with E-state index in [9.17, 15) is 0 Å². The van der Waals surface area contributed by atoms with E-state index in [4.69, 9.17) is 10.7 Å². The van der Waals surface area contributed by atoms with Crippen molar-refractivity contribution < 1.29 is 0 Å². The SMILES string of the molecule is Nc1nccn2c([C@@H]3CCCN3Cc3ccccc3)nc(Br)c12. The van der Waals surface area contributed by atoms with Gasteiger partial charge in [0.05, 0.1) is 6.04 Å². The fraction of sp³-hybridized carbons (Fsp3) is 0.294. The lowest BCUT2D eigenvalue weighted by Crippen LogP contribution is -2.24. The molecule has 3 heterocycles. The molecule has 1 aliphatic rings. The number of rotatable bonds is 3. The summed E-state index contributed by atoms with van der Waals surface area (Å²) < 4.78 is 2.84. The van der Waals surface area contributed by atoms with Gasteiger partial charge in [0, 0.05) is 18.9 Å². The predicted molar refractivity (Wildman–Crippen MR) is 93.9 cm³/mol. The first-order valence-corrected chi connectivity index (χ1v) is 8.59. The lowest BCUT2D eigenvalue weighted by atomic mass is 10.1. The molecule has 0 radical (unpaired) electrons. The highest BCUT2D eigenvalue weighted by molar-refractivity contribution is 9.10. The third-order valence-corrected chi connectivity index (χ3v) is 5.01. The molecule has 0 bridgehead atoms. The van der Waals surface area contributed by atoms with Gasteiger partial charge in [-0.15, -0.1) is 0 Å². The molecule has 2 N–H and O–H groups in total. The number of imidazole rings is 1. The maximum atomic E-state index is 6.01. The Morgan fingerprint density at radius 3 is 2.91 bits per heavy atom. The summed E-state index contributed by atoms with van der Waals surface area (Å²) in [6.45, 7) is 2.03. The first-order chi connectivity index (χ1) is 11.2. The molecule has 23 heavy (non-hydrogen) atoms. The number of halogens is 1. The van der Waals surface area contributed by atoms with Crippen LogP contribution in [-0.2, 0) is 6.54 Å². The lowest BCUT2D eigenvalue weighted by Gasteiger charge is -2.23. The van der Waals surface area contributed by atoms with E-state index in [0.29, 0.717) is 11.9 Å². The summed E-state index contributed by atoms with van der Waals surface area (Å²) in [5, 5.41) is 0. The molecule has 1 aromatic carbocycles. The smallest absolute Gasteiger partial charge is 0.150 e. The molecule has 0 amide bonds. The van der Waals surface area contributed by atoms with Gasteiger partial charge in [-0.05, 0) is 40.9 Å². The molecule has 0 unspecified atom stereocenters. The molecule has 6 heteroatoms. The number of aromatic nitrogens is 3. The van der Waals surface area contributed by atoms with Crippen molar-refractivity contribution in [3.63, 3.8) is 0 Å². The molecule has 3 aromatic rings. The fourth-order valence-corrected chi connectivity index (χ4v) is 3.98. The van der Waals surface area contributed by atoms with Crippen molar-refractivity contribution in [2.45, 2.75) is 25.4 Å². The van der Waals surface area contributed by atoms with Gasteiger partial charge in [-0.3, -0.25) is 9.30 Å². The van der Waals surface area contributed by atoms with Gasteiger partial charge in [0.15, 0.2) is 5.82 Å². The van der Waals surface area contributed by atoms with E-state index < -0.39 is 0 Å². The number of benzene rings is 1. The average molecular weight is 372 g/mol. The second kappa shape index (κ2) is 5.94. The van der Waals surface area contributed by atoms with Crippen LogP contribution in [0.5, 0.6) is 0 Å². The van der Waals surface area contributed by atoms with Crippen molar-refractivity contribution >= 4 is 27.3 Å². The largest absolute Gasteiger partial charge is 0.382 e. The summed E-state index contributed by atoms with van der Waals surface area (Å²) in [5.74, 6) is 1.54. The third-order valence-electron chi connectivity index (χ3n) is 4.46. The first kappa shape index (κ1) is 14.7. The van der Waals surface area contributed by atoms with Crippen molar-refractivity contribution in [3.05, 3.63) is 58.7 Å². The molecular formula is C17H18BrN5. The maximum absolute atomic E-state index is 6.01. The van der Waals surface area contributed by atoms with Crippen LogP contribution in [0.15, 0.2) is 47.3 Å². The van der Waals surface area contributed by atoms with Crippen LogP contribution < -0.4 is 5.73 Å². The quantitative estimate of drug-likeness (QED) is 0.766. The Balaban J connectivity index is 1.71. The van der Waals surface area contributed by atoms with Crippen LogP contribution in [0.4, 0.5) is 5.82 Å². The van der Waals surface area contributed by atoms with Crippen molar-refractivity contribution in [1.82, 2.24) is 19.3 Å². The van der Waals surface area contributed by atoms with Crippen LogP contribution in [0, 0.1) is 0 Å². The predicted octanol–water partition coefficient (Wildman–Crippen LogP) is 3.41. The highest BCUT2D eigenvalue weighted by atomic mass is 79.9. The summed E-state index contributed by atoms with van der Waals surface area (Å²) >= 11 is 3.53. The minimum absolute atomic E-state index is 0.302. The summed E-state index contributed by atoms with van der Waals surface area (Å²) in [6.07, 6.45) is 5.97. The fourth-order valence-electron chi connectivity index (χ4n) is 3.40. The van der Waals surface area contributed by atoms with Gasteiger partial charge in [0.1, 0.15) is 15.9 Å². The monoisotopic (exact) mass is 371 g/mol. The van der Waals surface area contributed by atoms with Crippen LogP contribution in [0.1, 0.15) is 30.3 Å². The molecule has 118 valence electrons.